The first kappa shape index (κ1) is 9.59. The molecule has 1 fully saturated rings. The number of terminal acetylenes is 1. The van der Waals surface area contributed by atoms with Crippen molar-refractivity contribution in [2.24, 2.45) is 5.92 Å². The van der Waals surface area contributed by atoms with Crippen LogP contribution in [-0.4, -0.2) is 23.0 Å². The maximum absolute atomic E-state index is 11.2. The molecule has 0 aromatic carbocycles. The first-order valence-corrected chi connectivity index (χ1v) is 4.11. The number of rotatable bonds is 4. The Hall–Kier alpha value is -1.50. The molecule has 1 atom stereocenters. The van der Waals surface area contributed by atoms with Gasteiger partial charge in [0.2, 0.25) is 5.91 Å². The Morgan fingerprint density at radius 1 is 1.62 bits per heavy atom. The lowest BCUT2D eigenvalue weighted by Crippen LogP contribution is -2.41. The van der Waals surface area contributed by atoms with E-state index in [1.807, 2.05) is 0 Å². The van der Waals surface area contributed by atoms with Gasteiger partial charge in [-0.25, -0.2) is 4.79 Å². The third-order valence-corrected chi connectivity index (χ3v) is 1.88. The lowest BCUT2D eigenvalue weighted by Gasteiger charge is -2.10. The average molecular weight is 181 g/mol. The van der Waals surface area contributed by atoms with E-state index in [9.17, 15) is 9.59 Å². The van der Waals surface area contributed by atoms with Gasteiger partial charge < -0.3 is 10.4 Å². The van der Waals surface area contributed by atoms with Crippen LogP contribution in [-0.2, 0) is 9.59 Å². The van der Waals surface area contributed by atoms with Crippen molar-refractivity contribution in [2.75, 3.05) is 0 Å². The minimum absolute atomic E-state index is 0.0135. The zero-order valence-electron chi connectivity index (χ0n) is 7.12. The molecule has 4 nitrogen and oxygen atoms in total. The van der Waals surface area contributed by atoms with E-state index in [1.54, 1.807) is 0 Å². The van der Waals surface area contributed by atoms with Gasteiger partial charge in [0.05, 0.1) is 0 Å². The first-order valence-electron chi connectivity index (χ1n) is 4.11. The molecule has 0 aromatic heterocycles. The summed E-state index contributed by atoms with van der Waals surface area (Å²) in [5, 5.41) is 11.0. The van der Waals surface area contributed by atoms with E-state index < -0.39 is 12.0 Å². The minimum Gasteiger partial charge on any atom is -0.480 e. The Labute approximate surface area is 76.3 Å². The molecule has 1 rings (SSSR count). The van der Waals surface area contributed by atoms with Crippen molar-refractivity contribution in [2.45, 2.75) is 25.3 Å². The summed E-state index contributed by atoms with van der Waals surface area (Å²) in [7, 11) is 0. The van der Waals surface area contributed by atoms with Gasteiger partial charge in [-0.3, -0.25) is 4.79 Å². The van der Waals surface area contributed by atoms with E-state index in [0.717, 1.165) is 12.8 Å². The molecule has 1 unspecified atom stereocenters. The van der Waals surface area contributed by atoms with Crippen LogP contribution in [0.2, 0.25) is 0 Å². The molecule has 1 aliphatic carbocycles. The van der Waals surface area contributed by atoms with Gasteiger partial charge in [0, 0.05) is 12.3 Å². The van der Waals surface area contributed by atoms with Gasteiger partial charge >= 0.3 is 5.97 Å². The lowest BCUT2D eigenvalue weighted by atomic mass is 10.2. The smallest absolute Gasteiger partial charge is 0.327 e. The van der Waals surface area contributed by atoms with Crippen molar-refractivity contribution in [3.8, 4) is 12.3 Å². The highest BCUT2D eigenvalue weighted by Gasteiger charge is 2.32. The molecule has 1 amide bonds. The number of hydrogen-bond donors (Lipinski definition) is 2. The molecule has 0 spiro atoms. The summed E-state index contributed by atoms with van der Waals surface area (Å²) in [5.74, 6) is 0.963. The van der Waals surface area contributed by atoms with Crippen LogP contribution in [0.4, 0.5) is 0 Å². The maximum Gasteiger partial charge on any atom is 0.327 e. The fraction of sp³-hybridized carbons (Fsp3) is 0.556. The van der Waals surface area contributed by atoms with Gasteiger partial charge in [-0.15, -0.1) is 12.3 Å². The monoisotopic (exact) mass is 181 g/mol. The zero-order chi connectivity index (χ0) is 9.84. The van der Waals surface area contributed by atoms with Gasteiger partial charge in [0.25, 0.3) is 0 Å². The number of aliphatic carboxylic acids is 1. The van der Waals surface area contributed by atoms with Crippen LogP contribution in [0.25, 0.3) is 0 Å². The topological polar surface area (TPSA) is 66.4 Å². The van der Waals surface area contributed by atoms with Crippen molar-refractivity contribution in [1.29, 1.82) is 0 Å². The van der Waals surface area contributed by atoms with Crippen LogP contribution >= 0.6 is 0 Å². The van der Waals surface area contributed by atoms with Crippen LogP contribution in [0.5, 0.6) is 0 Å². The van der Waals surface area contributed by atoms with Crippen LogP contribution in [0.1, 0.15) is 19.3 Å². The van der Waals surface area contributed by atoms with Gasteiger partial charge in [0.15, 0.2) is 0 Å². The Morgan fingerprint density at radius 3 is 2.62 bits per heavy atom. The predicted molar refractivity (Wildman–Crippen MR) is 45.7 cm³/mol. The number of hydrogen-bond acceptors (Lipinski definition) is 2. The second kappa shape index (κ2) is 3.94. The highest BCUT2D eigenvalue weighted by atomic mass is 16.4. The Kier molecular flexibility index (Phi) is 2.91. The number of carboxylic acids is 1. The third kappa shape index (κ3) is 2.79. The van der Waals surface area contributed by atoms with Crippen molar-refractivity contribution in [3.63, 3.8) is 0 Å². The zero-order valence-corrected chi connectivity index (χ0v) is 7.12. The summed E-state index contributed by atoms with van der Waals surface area (Å²) in [6, 6.07) is -0.932. The van der Waals surface area contributed by atoms with E-state index in [1.165, 1.54) is 0 Å². The second-order valence-corrected chi connectivity index (χ2v) is 3.08. The van der Waals surface area contributed by atoms with E-state index in [4.69, 9.17) is 11.5 Å². The van der Waals surface area contributed by atoms with Crippen molar-refractivity contribution >= 4 is 11.9 Å². The maximum atomic E-state index is 11.2. The Morgan fingerprint density at radius 2 is 2.23 bits per heavy atom. The van der Waals surface area contributed by atoms with Crippen LogP contribution in [0, 0.1) is 18.3 Å². The van der Waals surface area contributed by atoms with Crippen LogP contribution in [0.3, 0.4) is 0 Å². The summed E-state index contributed by atoms with van der Waals surface area (Å²) in [6.07, 6.45) is 6.72. The number of amides is 1. The summed E-state index contributed by atoms with van der Waals surface area (Å²) in [6.45, 7) is 0. The number of carboxylic acid groups (broad SMARTS) is 1. The largest absolute Gasteiger partial charge is 0.480 e. The van der Waals surface area contributed by atoms with Gasteiger partial charge in [-0.2, -0.15) is 0 Å². The highest BCUT2D eigenvalue weighted by molar-refractivity contribution is 5.86. The molecule has 0 bridgehead atoms. The molecule has 0 radical (unpaired) electrons. The number of carbonyl (C=O) groups is 2. The van der Waals surface area contributed by atoms with Gasteiger partial charge in [-0.05, 0) is 12.8 Å². The first-order chi connectivity index (χ1) is 6.15. The molecule has 0 aromatic rings. The molecule has 13 heavy (non-hydrogen) atoms. The Bertz CT molecular complexity index is 263. The fourth-order valence-electron chi connectivity index (χ4n) is 0.953. The lowest BCUT2D eigenvalue weighted by molar-refractivity contribution is -0.141. The molecule has 2 N–H and O–H groups in total. The van der Waals surface area contributed by atoms with Crippen LogP contribution < -0.4 is 5.32 Å². The predicted octanol–water partition coefficient (Wildman–Crippen LogP) is -0.0109. The molecule has 0 heterocycles. The summed E-state index contributed by atoms with van der Waals surface area (Å²) >= 11 is 0. The third-order valence-electron chi connectivity index (χ3n) is 1.88. The Balaban J connectivity index is 2.41. The molecule has 0 aliphatic heterocycles. The standard InChI is InChI=1S/C9H11NO3/c1-2-3-7(9(12)13)10-8(11)6-4-5-6/h1,6-7H,3-5H2,(H,10,11)(H,12,13). The van der Waals surface area contributed by atoms with Crippen molar-refractivity contribution in [1.82, 2.24) is 5.32 Å². The van der Waals surface area contributed by atoms with E-state index in [0.29, 0.717) is 0 Å². The summed E-state index contributed by atoms with van der Waals surface area (Å²) in [4.78, 5) is 21.7. The van der Waals surface area contributed by atoms with Crippen LogP contribution in [0.15, 0.2) is 0 Å². The summed E-state index contributed by atoms with van der Waals surface area (Å²) in [5.41, 5.74) is 0. The van der Waals surface area contributed by atoms with E-state index in [-0.39, 0.29) is 18.2 Å². The average Bonchev–Trinajstić information content (AvgIpc) is 2.85. The molecule has 0 saturated heterocycles. The molecular weight excluding hydrogens is 170 g/mol. The normalized spacial score (nSPS) is 17.2. The van der Waals surface area contributed by atoms with E-state index >= 15 is 0 Å². The molecule has 1 aliphatic rings. The van der Waals surface area contributed by atoms with Crippen molar-refractivity contribution < 1.29 is 14.7 Å². The minimum atomic E-state index is -1.08. The molecule has 4 heteroatoms. The summed E-state index contributed by atoms with van der Waals surface area (Å²) < 4.78 is 0. The molecule has 1 saturated carbocycles. The second-order valence-electron chi connectivity index (χ2n) is 3.08. The quantitative estimate of drug-likeness (QED) is 0.599. The number of nitrogens with one attached hydrogen (secondary N) is 1. The van der Waals surface area contributed by atoms with E-state index in [2.05, 4.69) is 11.2 Å². The van der Waals surface area contributed by atoms with Crippen molar-refractivity contribution in [3.05, 3.63) is 0 Å². The van der Waals surface area contributed by atoms with Gasteiger partial charge in [-0.1, -0.05) is 0 Å². The SMILES string of the molecule is C#CCC(NC(=O)C1CC1)C(=O)O. The molecular formula is C9H11NO3. The number of carbonyl (C=O) groups excluding carboxylic acids is 1. The fourth-order valence-corrected chi connectivity index (χ4v) is 0.953. The molecule has 70 valence electrons. The highest BCUT2D eigenvalue weighted by Crippen LogP contribution is 2.28. The van der Waals surface area contributed by atoms with Gasteiger partial charge in [0.1, 0.15) is 6.04 Å².